The van der Waals surface area contributed by atoms with Gasteiger partial charge in [-0.15, -0.1) is 0 Å². The van der Waals surface area contributed by atoms with Gasteiger partial charge in [-0.05, 0) is 68.3 Å². The number of hydrogen-bond donors (Lipinski definition) is 2. The molecule has 4 heterocycles. The number of nitrogens with zero attached hydrogens (tertiary/aromatic N) is 5. The Labute approximate surface area is 222 Å². The number of hydrogen-bond acceptors (Lipinski definition) is 8. The second kappa shape index (κ2) is 12.6. The van der Waals surface area contributed by atoms with E-state index in [0.717, 1.165) is 43.4 Å². The number of rotatable bonds is 9. The Bertz CT molecular complexity index is 1240. The molecule has 38 heavy (non-hydrogen) atoms. The number of anilines is 2. The van der Waals surface area contributed by atoms with Crippen LogP contribution in [0.4, 0.5) is 16.4 Å². The first-order valence-electron chi connectivity index (χ1n) is 12.9. The van der Waals surface area contributed by atoms with E-state index in [0.29, 0.717) is 55.0 Å². The van der Waals surface area contributed by atoms with Gasteiger partial charge in [-0.25, -0.2) is 14.8 Å². The van der Waals surface area contributed by atoms with Crippen LogP contribution in [0.15, 0.2) is 18.3 Å². The number of pyridine rings is 2. The summed E-state index contributed by atoms with van der Waals surface area (Å²) in [5.41, 5.74) is 2.95. The molecule has 2 aromatic rings. The van der Waals surface area contributed by atoms with E-state index in [4.69, 9.17) is 4.74 Å². The first-order valence-corrected chi connectivity index (χ1v) is 12.9. The number of nitriles is 1. The van der Waals surface area contributed by atoms with Crippen molar-refractivity contribution in [3.63, 3.8) is 0 Å². The Morgan fingerprint density at radius 1 is 1.34 bits per heavy atom. The maximum Gasteiger partial charge on any atom is 0.328 e. The molecular formula is C27H33N7O4. The fourth-order valence-electron chi connectivity index (χ4n) is 4.94. The van der Waals surface area contributed by atoms with Crippen molar-refractivity contribution in [2.24, 2.45) is 0 Å². The molecule has 0 saturated carbocycles. The number of aromatic nitrogens is 2. The third kappa shape index (κ3) is 6.15. The standard InChI is InChI=1S/C27H33N7O4/c1-33(26(36)22-8-3-9-29-22)16-20-12-19-6-4-10-34(25(19)31-23(20)17-35)27(37)32-24-13-18(7-5-11-38-2)21(14-28)15-30-24/h12-13,15,17,22,29H,3-11,16H2,1-2H3,(H,30,32,37)/t22-/m1/s1. The number of amides is 3. The number of ether oxygens (including phenoxy) is 1. The summed E-state index contributed by atoms with van der Waals surface area (Å²) in [6.45, 7) is 2.09. The van der Waals surface area contributed by atoms with Crippen LogP contribution in [-0.2, 0) is 28.9 Å². The minimum atomic E-state index is -0.414. The molecule has 2 aliphatic heterocycles. The summed E-state index contributed by atoms with van der Waals surface area (Å²) in [6.07, 6.45) is 6.69. The minimum Gasteiger partial charge on any atom is -0.385 e. The lowest BCUT2D eigenvalue weighted by Crippen LogP contribution is -2.42. The fraction of sp³-hybridized carbons (Fsp3) is 0.481. The van der Waals surface area contributed by atoms with Gasteiger partial charge in [0, 0.05) is 45.6 Å². The molecule has 3 amide bonds. The van der Waals surface area contributed by atoms with E-state index >= 15 is 0 Å². The van der Waals surface area contributed by atoms with Gasteiger partial charge < -0.3 is 15.0 Å². The van der Waals surface area contributed by atoms with Crippen molar-refractivity contribution >= 4 is 29.9 Å². The van der Waals surface area contributed by atoms with Crippen molar-refractivity contribution in [1.82, 2.24) is 20.2 Å². The number of carbonyl (C=O) groups excluding carboxylic acids is 3. The zero-order valence-corrected chi connectivity index (χ0v) is 21.8. The van der Waals surface area contributed by atoms with Crippen LogP contribution in [0.3, 0.4) is 0 Å². The molecule has 200 valence electrons. The number of urea groups is 1. The fourth-order valence-corrected chi connectivity index (χ4v) is 4.94. The van der Waals surface area contributed by atoms with Gasteiger partial charge >= 0.3 is 6.03 Å². The number of aryl methyl sites for hydroxylation is 2. The number of methoxy groups -OCH3 is 1. The molecular weight excluding hydrogens is 486 g/mol. The van der Waals surface area contributed by atoms with Crippen molar-refractivity contribution in [3.8, 4) is 6.07 Å². The van der Waals surface area contributed by atoms with Crippen LogP contribution in [0.2, 0.25) is 0 Å². The van der Waals surface area contributed by atoms with Crippen molar-refractivity contribution in [2.75, 3.05) is 44.1 Å². The zero-order valence-electron chi connectivity index (χ0n) is 21.8. The average Bonchev–Trinajstić information content (AvgIpc) is 3.47. The molecule has 4 rings (SSSR count). The van der Waals surface area contributed by atoms with E-state index in [1.165, 1.54) is 11.1 Å². The number of likely N-dealkylation sites (N-methyl/N-ethyl adjacent to an activating group) is 1. The molecule has 1 saturated heterocycles. The molecule has 0 bridgehead atoms. The quantitative estimate of drug-likeness (QED) is 0.380. The Hall–Kier alpha value is -3.88. The smallest absolute Gasteiger partial charge is 0.328 e. The normalized spacial score (nSPS) is 16.4. The Morgan fingerprint density at radius 3 is 2.89 bits per heavy atom. The zero-order chi connectivity index (χ0) is 27.1. The summed E-state index contributed by atoms with van der Waals surface area (Å²) < 4.78 is 5.10. The SMILES string of the molecule is COCCCc1cc(NC(=O)N2CCCc3cc(CN(C)C(=O)[C@H]4CCCN4)c(C=O)nc32)ncc1C#N. The Balaban J connectivity index is 1.51. The number of fused-ring (bicyclic) bond motifs is 1. The highest BCUT2D eigenvalue weighted by atomic mass is 16.5. The van der Waals surface area contributed by atoms with Gasteiger partial charge in [-0.1, -0.05) is 0 Å². The van der Waals surface area contributed by atoms with Crippen LogP contribution >= 0.6 is 0 Å². The summed E-state index contributed by atoms with van der Waals surface area (Å²) >= 11 is 0. The lowest BCUT2D eigenvalue weighted by atomic mass is 10.0. The Morgan fingerprint density at radius 2 is 2.18 bits per heavy atom. The van der Waals surface area contributed by atoms with Crippen LogP contribution in [-0.4, -0.2) is 73.0 Å². The van der Waals surface area contributed by atoms with E-state index in [9.17, 15) is 19.6 Å². The minimum absolute atomic E-state index is 0.00502. The highest BCUT2D eigenvalue weighted by Crippen LogP contribution is 2.28. The molecule has 11 nitrogen and oxygen atoms in total. The molecule has 1 fully saturated rings. The van der Waals surface area contributed by atoms with Crippen LogP contribution in [0.25, 0.3) is 0 Å². The Kier molecular flexibility index (Phi) is 8.99. The summed E-state index contributed by atoms with van der Waals surface area (Å²) in [4.78, 5) is 49.9. The number of aldehydes is 1. The van der Waals surface area contributed by atoms with Gasteiger partial charge in [0.25, 0.3) is 0 Å². The van der Waals surface area contributed by atoms with Crippen LogP contribution in [0, 0.1) is 11.3 Å². The van der Waals surface area contributed by atoms with E-state index < -0.39 is 6.03 Å². The van der Waals surface area contributed by atoms with Gasteiger partial charge in [0.15, 0.2) is 6.29 Å². The van der Waals surface area contributed by atoms with Crippen molar-refractivity contribution in [1.29, 1.82) is 5.26 Å². The van der Waals surface area contributed by atoms with Gasteiger partial charge in [-0.2, -0.15) is 5.26 Å². The van der Waals surface area contributed by atoms with Gasteiger partial charge in [0.05, 0.1) is 11.6 Å². The van der Waals surface area contributed by atoms with Gasteiger partial charge in [0.1, 0.15) is 23.4 Å². The molecule has 0 radical (unpaired) electrons. The van der Waals surface area contributed by atoms with Crippen molar-refractivity contribution in [2.45, 2.75) is 51.1 Å². The largest absolute Gasteiger partial charge is 0.385 e. The molecule has 2 N–H and O–H groups in total. The van der Waals surface area contributed by atoms with E-state index in [-0.39, 0.29) is 24.2 Å². The lowest BCUT2D eigenvalue weighted by molar-refractivity contribution is -0.132. The maximum absolute atomic E-state index is 13.3. The third-order valence-corrected chi connectivity index (χ3v) is 6.91. The summed E-state index contributed by atoms with van der Waals surface area (Å²) in [5.74, 6) is 0.760. The third-order valence-electron chi connectivity index (χ3n) is 6.91. The van der Waals surface area contributed by atoms with Gasteiger partial charge in [-0.3, -0.25) is 19.8 Å². The first kappa shape index (κ1) is 27.2. The predicted octanol–water partition coefficient (Wildman–Crippen LogP) is 2.43. The topological polar surface area (TPSA) is 141 Å². The van der Waals surface area contributed by atoms with E-state index in [1.807, 2.05) is 6.07 Å². The summed E-state index contributed by atoms with van der Waals surface area (Å²) in [6, 6.07) is 5.11. The van der Waals surface area contributed by atoms with E-state index in [1.54, 1.807) is 25.1 Å². The van der Waals surface area contributed by atoms with Crippen LogP contribution in [0.5, 0.6) is 0 Å². The van der Waals surface area contributed by atoms with Crippen LogP contribution in [0.1, 0.15) is 58.4 Å². The number of nitrogens with one attached hydrogen (secondary N) is 2. The van der Waals surface area contributed by atoms with Crippen molar-refractivity contribution in [3.05, 3.63) is 46.3 Å². The molecule has 1 atom stereocenters. The summed E-state index contributed by atoms with van der Waals surface area (Å²) in [7, 11) is 3.35. The summed E-state index contributed by atoms with van der Waals surface area (Å²) in [5, 5.41) is 15.4. The molecule has 0 aliphatic carbocycles. The molecule has 2 aromatic heterocycles. The second-order valence-electron chi connectivity index (χ2n) is 9.60. The molecule has 2 aliphatic rings. The lowest BCUT2D eigenvalue weighted by Gasteiger charge is -2.30. The van der Waals surface area contributed by atoms with Crippen molar-refractivity contribution < 1.29 is 19.1 Å². The maximum atomic E-state index is 13.3. The molecule has 0 aromatic carbocycles. The van der Waals surface area contributed by atoms with Gasteiger partial charge in [0.2, 0.25) is 5.91 Å². The molecule has 11 heteroatoms. The average molecular weight is 520 g/mol. The van der Waals surface area contributed by atoms with Crippen LogP contribution < -0.4 is 15.5 Å². The molecule has 0 unspecified atom stereocenters. The number of carbonyl (C=O) groups is 3. The monoisotopic (exact) mass is 519 g/mol. The highest BCUT2D eigenvalue weighted by Gasteiger charge is 2.28. The highest BCUT2D eigenvalue weighted by molar-refractivity contribution is 6.01. The predicted molar refractivity (Wildman–Crippen MR) is 141 cm³/mol. The van der Waals surface area contributed by atoms with E-state index in [2.05, 4.69) is 26.7 Å². The first-order chi connectivity index (χ1) is 18.4. The molecule has 0 spiro atoms. The second-order valence-corrected chi connectivity index (χ2v) is 9.60.